The molecular formula is C17H18N2O3S. The van der Waals surface area contributed by atoms with Crippen LogP contribution >= 0.6 is 11.3 Å². The molecule has 0 radical (unpaired) electrons. The number of aliphatic carboxylic acids is 1. The van der Waals surface area contributed by atoms with Gasteiger partial charge in [-0.25, -0.2) is 9.78 Å². The molecule has 5 nitrogen and oxygen atoms in total. The summed E-state index contributed by atoms with van der Waals surface area (Å²) in [5.74, 6) is -1.26. The van der Waals surface area contributed by atoms with Gasteiger partial charge in [0.25, 0.3) is 5.91 Å². The normalized spacial score (nSPS) is 15.2. The van der Waals surface area contributed by atoms with Crippen molar-refractivity contribution in [3.63, 3.8) is 0 Å². The minimum absolute atomic E-state index is 0.0351. The molecule has 2 aromatic rings. The van der Waals surface area contributed by atoms with Crippen molar-refractivity contribution in [2.24, 2.45) is 0 Å². The molecule has 0 bridgehead atoms. The number of thiazole rings is 1. The highest BCUT2D eigenvalue weighted by Crippen LogP contribution is 2.30. The van der Waals surface area contributed by atoms with E-state index in [9.17, 15) is 14.7 Å². The molecule has 1 amide bonds. The van der Waals surface area contributed by atoms with Gasteiger partial charge in [-0.2, -0.15) is 0 Å². The zero-order chi connectivity index (χ0) is 16.4. The second kappa shape index (κ2) is 6.50. The summed E-state index contributed by atoms with van der Waals surface area (Å²) >= 11 is 1.44. The molecule has 1 unspecified atom stereocenters. The molecule has 0 aliphatic heterocycles. The first kappa shape index (κ1) is 15.7. The molecule has 0 spiro atoms. The fourth-order valence-electron chi connectivity index (χ4n) is 2.52. The summed E-state index contributed by atoms with van der Waals surface area (Å²) in [5.41, 5.74) is 1.49. The Morgan fingerprint density at radius 3 is 2.65 bits per heavy atom. The van der Waals surface area contributed by atoms with Gasteiger partial charge in [0.15, 0.2) is 0 Å². The third-order valence-corrected chi connectivity index (χ3v) is 4.77. The topological polar surface area (TPSA) is 70.5 Å². The van der Waals surface area contributed by atoms with Crippen molar-refractivity contribution in [3.05, 3.63) is 52.0 Å². The summed E-state index contributed by atoms with van der Waals surface area (Å²) in [7, 11) is 0. The number of rotatable bonds is 6. The average molecular weight is 330 g/mol. The van der Waals surface area contributed by atoms with Crippen molar-refractivity contribution in [2.75, 3.05) is 0 Å². The summed E-state index contributed by atoms with van der Waals surface area (Å²) < 4.78 is 0. The van der Waals surface area contributed by atoms with Gasteiger partial charge in [-0.15, -0.1) is 11.3 Å². The molecule has 1 heterocycles. The third-order valence-electron chi connectivity index (χ3n) is 3.92. The highest BCUT2D eigenvalue weighted by atomic mass is 32.1. The first-order valence-corrected chi connectivity index (χ1v) is 8.48. The maximum absolute atomic E-state index is 12.6. The van der Waals surface area contributed by atoms with Crippen LogP contribution in [0.5, 0.6) is 0 Å². The Labute approximate surface area is 138 Å². The smallest absolute Gasteiger partial charge is 0.326 e. The second-order valence-corrected chi connectivity index (χ2v) is 6.69. The Hall–Kier alpha value is -2.21. The van der Waals surface area contributed by atoms with Gasteiger partial charge >= 0.3 is 5.97 Å². The number of carboxylic acid groups (broad SMARTS) is 1. The van der Waals surface area contributed by atoms with E-state index in [0.29, 0.717) is 12.1 Å². The van der Waals surface area contributed by atoms with E-state index in [1.807, 2.05) is 30.3 Å². The maximum Gasteiger partial charge on any atom is 0.326 e. The van der Waals surface area contributed by atoms with E-state index in [2.05, 4.69) is 4.98 Å². The van der Waals surface area contributed by atoms with Crippen molar-refractivity contribution in [1.29, 1.82) is 0 Å². The van der Waals surface area contributed by atoms with E-state index in [-0.39, 0.29) is 11.9 Å². The first-order valence-electron chi connectivity index (χ1n) is 7.60. The molecule has 1 aliphatic carbocycles. The molecule has 3 rings (SSSR count). The Morgan fingerprint density at radius 2 is 2.04 bits per heavy atom. The number of carboxylic acids is 1. The predicted octanol–water partition coefficient (Wildman–Crippen LogP) is 2.81. The predicted molar refractivity (Wildman–Crippen MR) is 87.7 cm³/mol. The summed E-state index contributed by atoms with van der Waals surface area (Å²) in [5, 5.41) is 11.8. The van der Waals surface area contributed by atoms with Crippen LogP contribution in [0.15, 0.2) is 35.7 Å². The van der Waals surface area contributed by atoms with Crippen LogP contribution in [0, 0.1) is 0 Å². The molecule has 1 saturated carbocycles. The Morgan fingerprint density at radius 1 is 1.35 bits per heavy atom. The molecule has 23 heavy (non-hydrogen) atoms. The van der Waals surface area contributed by atoms with Gasteiger partial charge in [0.2, 0.25) is 0 Å². The van der Waals surface area contributed by atoms with Crippen LogP contribution in [-0.4, -0.2) is 39.0 Å². The van der Waals surface area contributed by atoms with Crippen molar-refractivity contribution >= 4 is 23.2 Å². The van der Waals surface area contributed by atoms with Crippen molar-refractivity contribution in [2.45, 2.75) is 38.3 Å². The van der Waals surface area contributed by atoms with E-state index in [1.165, 1.54) is 16.2 Å². The van der Waals surface area contributed by atoms with E-state index < -0.39 is 12.0 Å². The molecule has 0 saturated heterocycles. The van der Waals surface area contributed by atoms with Crippen LogP contribution < -0.4 is 0 Å². The largest absolute Gasteiger partial charge is 0.480 e. The number of aromatic nitrogens is 1. The van der Waals surface area contributed by atoms with Crippen LogP contribution in [0.1, 0.15) is 40.8 Å². The van der Waals surface area contributed by atoms with Gasteiger partial charge < -0.3 is 10.0 Å². The number of nitrogens with zero attached hydrogens (tertiary/aromatic N) is 2. The molecule has 1 N–H and O–H groups in total. The number of hydrogen-bond donors (Lipinski definition) is 1. The lowest BCUT2D eigenvalue weighted by atomic mass is 10.2. The fraction of sp³-hybridized carbons (Fsp3) is 0.353. The van der Waals surface area contributed by atoms with Crippen molar-refractivity contribution in [3.8, 4) is 0 Å². The Balaban J connectivity index is 1.76. The van der Waals surface area contributed by atoms with Gasteiger partial charge in [0.1, 0.15) is 11.7 Å². The quantitative estimate of drug-likeness (QED) is 0.884. The number of hydrogen-bond acceptors (Lipinski definition) is 4. The highest BCUT2D eigenvalue weighted by Gasteiger charge is 2.39. The minimum atomic E-state index is -0.981. The fourth-order valence-corrected chi connectivity index (χ4v) is 3.32. The lowest BCUT2D eigenvalue weighted by Crippen LogP contribution is -2.44. The maximum atomic E-state index is 12.6. The number of carbonyl (C=O) groups excluding carboxylic acids is 1. The molecule has 1 atom stereocenters. The summed E-state index contributed by atoms with van der Waals surface area (Å²) in [6, 6.07) is 9.15. The molecule has 1 fully saturated rings. The monoisotopic (exact) mass is 330 g/mol. The number of amides is 1. The first-order chi connectivity index (χ1) is 11.1. The van der Waals surface area contributed by atoms with Crippen LogP contribution in [0.4, 0.5) is 0 Å². The third kappa shape index (κ3) is 3.59. The number of carbonyl (C=O) groups is 2. The van der Waals surface area contributed by atoms with E-state index in [1.54, 1.807) is 12.3 Å². The van der Waals surface area contributed by atoms with Crippen LogP contribution in [-0.2, 0) is 11.2 Å². The summed E-state index contributed by atoms with van der Waals surface area (Å²) in [4.78, 5) is 29.8. The summed E-state index contributed by atoms with van der Waals surface area (Å²) in [6.45, 7) is 1.55. The average Bonchev–Trinajstić information content (AvgIpc) is 3.26. The Kier molecular flexibility index (Phi) is 4.43. The van der Waals surface area contributed by atoms with Gasteiger partial charge in [-0.3, -0.25) is 4.79 Å². The summed E-state index contributed by atoms with van der Waals surface area (Å²) in [6.07, 6.45) is 2.41. The molecule has 6 heteroatoms. The zero-order valence-electron chi connectivity index (χ0n) is 12.8. The van der Waals surface area contributed by atoms with E-state index in [4.69, 9.17) is 0 Å². The molecule has 1 aromatic carbocycles. The molecule has 1 aromatic heterocycles. The van der Waals surface area contributed by atoms with Crippen LogP contribution in [0.2, 0.25) is 0 Å². The second-order valence-electron chi connectivity index (χ2n) is 5.75. The molecule has 120 valence electrons. The van der Waals surface area contributed by atoms with Gasteiger partial charge in [0.05, 0.1) is 5.01 Å². The standard InChI is InChI=1S/C17H18N2O3S/c1-11(17(21)22)19(13-7-8-13)16(20)14-10-23-15(18-14)9-12-5-3-2-4-6-12/h2-6,10-11,13H,7-9H2,1H3,(H,21,22). The van der Waals surface area contributed by atoms with Crippen LogP contribution in [0.25, 0.3) is 0 Å². The van der Waals surface area contributed by atoms with Crippen molar-refractivity contribution in [1.82, 2.24) is 9.88 Å². The number of benzene rings is 1. The lowest BCUT2D eigenvalue weighted by Gasteiger charge is -2.25. The molecular weight excluding hydrogens is 312 g/mol. The van der Waals surface area contributed by atoms with Gasteiger partial charge in [-0.1, -0.05) is 30.3 Å². The van der Waals surface area contributed by atoms with E-state index in [0.717, 1.165) is 23.4 Å². The lowest BCUT2D eigenvalue weighted by molar-refractivity contribution is -0.141. The van der Waals surface area contributed by atoms with Gasteiger partial charge in [0, 0.05) is 17.8 Å². The Bertz CT molecular complexity index is 710. The highest BCUT2D eigenvalue weighted by molar-refractivity contribution is 7.09. The van der Waals surface area contributed by atoms with Gasteiger partial charge in [-0.05, 0) is 25.3 Å². The van der Waals surface area contributed by atoms with E-state index >= 15 is 0 Å². The molecule has 1 aliphatic rings. The SMILES string of the molecule is CC(C(=O)O)N(C(=O)c1csc(Cc2ccccc2)n1)C1CC1. The van der Waals surface area contributed by atoms with Crippen LogP contribution in [0.3, 0.4) is 0 Å². The van der Waals surface area contributed by atoms with Crippen molar-refractivity contribution < 1.29 is 14.7 Å². The zero-order valence-corrected chi connectivity index (χ0v) is 13.6. The minimum Gasteiger partial charge on any atom is -0.480 e.